The summed E-state index contributed by atoms with van der Waals surface area (Å²) in [5, 5.41) is 3.60. The van der Waals surface area contributed by atoms with Crippen molar-refractivity contribution in [2.24, 2.45) is 0 Å². The van der Waals surface area contributed by atoms with Gasteiger partial charge in [-0.15, -0.1) is 0 Å². The lowest BCUT2D eigenvalue weighted by molar-refractivity contribution is -0.140. The third-order valence-electron chi connectivity index (χ3n) is 5.84. The highest BCUT2D eigenvalue weighted by Crippen LogP contribution is 2.40. The van der Waals surface area contributed by atoms with Crippen LogP contribution in [0.25, 0.3) is 0 Å². The SMILES string of the molecule is COC(=O)CCCCCCCNC1c2ccccc2N(C)S(=O)(=O)c2cc(C)ccc21. The average Bonchev–Trinajstić information content (AvgIpc) is 2.83. The van der Waals surface area contributed by atoms with Gasteiger partial charge < -0.3 is 10.1 Å². The number of methoxy groups -OCH3 is 1. The fourth-order valence-electron chi connectivity index (χ4n) is 4.06. The van der Waals surface area contributed by atoms with Crippen LogP contribution in [-0.4, -0.2) is 35.1 Å². The molecule has 2 aromatic carbocycles. The minimum Gasteiger partial charge on any atom is -0.469 e. The quantitative estimate of drug-likeness (QED) is 0.460. The van der Waals surface area contributed by atoms with E-state index in [1.165, 1.54) is 11.4 Å². The molecule has 3 rings (SSSR count). The molecule has 0 radical (unpaired) electrons. The van der Waals surface area contributed by atoms with Crippen LogP contribution >= 0.6 is 0 Å². The van der Waals surface area contributed by atoms with Crippen molar-refractivity contribution in [3.8, 4) is 0 Å². The van der Waals surface area contributed by atoms with E-state index in [0.717, 1.165) is 55.3 Å². The fraction of sp³-hybridized carbons (Fsp3) is 0.458. The lowest BCUT2D eigenvalue weighted by Gasteiger charge is -2.22. The van der Waals surface area contributed by atoms with Gasteiger partial charge in [0, 0.05) is 13.5 Å². The molecule has 0 saturated carbocycles. The number of hydrogen-bond donors (Lipinski definition) is 1. The molecule has 1 aliphatic rings. The molecule has 0 aliphatic carbocycles. The van der Waals surface area contributed by atoms with Gasteiger partial charge in [-0.3, -0.25) is 9.10 Å². The maximum Gasteiger partial charge on any atom is 0.305 e. The summed E-state index contributed by atoms with van der Waals surface area (Å²) in [5.41, 5.74) is 3.39. The Morgan fingerprint density at radius 2 is 1.74 bits per heavy atom. The Morgan fingerprint density at radius 1 is 1.03 bits per heavy atom. The van der Waals surface area contributed by atoms with Crippen molar-refractivity contribution in [2.75, 3.05) is 25.0 Å². The van der Waals surface area contributed by atoms with Crippen LogP contribution in [0.2, 0.25) is 0 Å². The van der Waals surface area contributed by atoms with Crippen LogP contribution in [0.1, 0.15) is 61.3 Å². The van der Waals surface area contributed by atoms with E-state index in [9.17, 15) is 13.2 Å². The van der Waals surface area contributed by atoms with E-state index in [-0.39, 0.29) is 12.0 Å². The maximum atomic E-state index is 13.3. The Morgan fingerprint density at radius 3 is 2.52 bits per heavy atom. The van der Waals surface area contributed by atoms with Gasteiger partial charge in [0.15, 0.2) is 0 Å². The summed E-state index contributed by atoms with van der Waals surface area (Å²) in [6.07, 6.45) is 5.44. The number of para-hydroxylation sites is 1. The van der Waals surface area contributed by atoms with Crippen molar-refractivity contribution < 1.29 is 17.9 Å². The molecule has 0 amide bonds. The summed E-state index contributed by atoms with van der Waals surface area (Å²) in [5.74, 6) is -0.150. The molecule has 0 saturated heterocycles. The van der Waals surface area contributed by atoms with Gasteiger partial charge >= 0.3 is 5.97 Å². The van der Waals surface area contributed by atoms with E-state index < -0.39 is 10.0 Å². The van der Waals surface area contributed by atoms with E-state index in [4.69, 9.17) is 0 Å². The van der Waals surface area contributed by atoms with Gasteiger partial charge in [0.25, 0.3) is 10.0 Å². The Balaban J connectivity index is 1.72. The number of hydrogen-bond acceptors (Lipinski definition) is 5. The molecule has 0 spiro atoms. The zero-order valence-corrected chi connectivity index (χ0v) is 19.4. The Labute approximate surface area is 185 Å². The Kier molecular flexibility index (Phi) is 7.73. The zero-order valence-electron chi connectivity index (χ0n) is 18.6. The van der Waals surface area contributed by atoms with Crippen LogP contribution in [0.3, 0.4) is 0 Å². The van der Waals surface area contributed by atoms with E-state index in [2.05, 4.69) is 10.1 Å². The molecular formula is C24H32N2O4S. The first-order chi connectivity index (χ1) is 14.9. The smallest absolute Gasteiger partial charge is 0.305 e. The highest BCUT2D eigenvalue weighted by atomic mass is 32.2. The number of aryl methyl sites for hydroxylation is 1. The number of carbonyl (C=O) groups excluding carboxylic acids is 1. The van der Waals surface area contributed by atoms with Crippen molar-refractivity contribution >= 4 is 21.7 Å². The van der Waals surface area contributed by atoms with Gasteiger partial charge in [-0.05, 0) is 55.1 Å². The number of fused-ring (bicyclic) bond motifs is 2. The number of carbonyl (C=O) groups is 1. The monoisotopic (exact) mass is 444 g/mol. The molecule has 0 aromatic heterocycles. The predicted molar refractivity (Wildman–Crippen MR) is 123 cm³/mol. The molecule has 6 nitrogen and oxygen atoms in total. The summed E-state index contributed by atoms with van der Waals surface area (Å²) >= 11 is 0. The highest BCUT2D eigenvalue weighted by Gasteiger charge is 2.34. The number of esters is 1. The summed E-state index contributed by atoms with van der Waals surface area (Å²) in [6.45, 7) is 2.70. The van der Waals surface area contributed by atoms with Crippen molar-refractivity contribution in [1.29, 1.82) is 0 Å². The highest BCUT2D eigenvalue weighted by molar-refractivity contribution is 7.92. The molecule has 31 heavy (non-hydrogen) atoms. The van der Waals surface area contributed by atoms with Crippen molar-refractivity contribution in [2.45, 2.75) is 56.4 Å². The van der Waals surface area contributed by atoms with Gasteiger partial charge in [-0.1, -0.05) is 49.6 Å². The summed E-state index contributed by atoms with van der Waals surface area (Å²) < 4.78 is 32.6. The van der Waals surface area contributed by atoms with Gasteiger partial charge in [0.1, 0.15) is 0 Å². The third kappa shape index (κ3) is 5.28. The number of ether oxygens (including phenoxy) is 1. The van der Waals surface area contributed by atoms with E-state index in [0.29, 0.717) is 17.0 Å². The number of anilines is 1. The molecule has 7 heteroatoms. The average molecular weight is 445 g/mol. The third-order valence-corrected chi connectivity index (χ3v) is 7.67. The van der Waals surface area contributed by atoms with Crippen LogP contribution in [-0.2, 0) is 19.6 Å². The predicted octanol–water partition coefficient (Wildman–Crippen LogP) is 4.33. The number of sulfonamides is 1. The minimum absolute atomic E-state index is 0.150. The van der Waals surface area contributed by atoms with Gasteiger partial charge in [-0.2, -0.15) is 0 Å². The van der Waals surface area contributed by atoms with Gasteiger partial charge in [0.05, 0.1) is 23.7 Å². The number of unbranched alkanes of at least 4 members (excludes halogenated alkanes) is 4. The number of benzene rings is 2. The second-order valence-electron chi connectivity index (χ2n) is 8.05. The molecule has 1 unspecified atom stereocenters. The maximum absolute atomic E-state index is 13.3. The van der Waals surface area contributed by atoms with E-state index >= 15 is 0 Å². The van der Waals surface area contributed by atoms with Crippen LogP contribution in [0.15, 0.2) is 47.4 Å². The molecule has 0 fully saturated rings. The van der Waals surface area contributed by atoms with Crippen LogP contribution in [0.5, 0.6) is 0 Å². The van der Waals surface area contributed by atoms with Crippen LogP contribution in [0.4, 0.5) is 5.69 Å². The topological polar surface area (TPSA) is 75.7 Å². The summed E-state index contributed by atoms with van der Waals surface area (Å²) in [6, 6.07) is 13.2. The van der Waals surface area contributed by atoms with Crippen molar-refractivity contribution in [3.05, 3.63) is 59.2 Å². The molecule has 2 aromatic rings. The normalized spacial score (nSPS) is 16.9. The standard InChI is InChI=1S/C24H32N2O4S/c1-18-14-15-20-22(17-18)31(28,29)26(2)21-12-9-8-11-19(21)24(20)25-16-10-6-4-5-7-13-23(27)30-3/h8-9,11-12,14-15,17,24-25H,4-7,10,13,16H2,1-3H3. The summed E-state index contributed by atoms with van der Waals surface area (Å²) in [4.78, 5) is 11.5. The lowest BCUT2D eigenvalue weighted by Crippen LogP contribution is -2.26. The van der Waals surface area contributed by atoms with Crippen LogP contribution in [0, 0.1) is 6.92 Å². The van der Waals surface area contributed by atoms with E-state index in [1.807, 2.05) is 43.3 Å². The Bertz CT molecular complexity index is 1020. The van der Waals surface area contributed by atoms with Crippen molar-refractivity contribution in [1.82, 2.24) is 5.32 Å². The lowest BCUT2D eigenvalue weighted by atomic mass is 9.96. The molecule has 168 valence electrons. The Hall–Kier alpha value is -2.38. The molecular weight excluding hydrogens is 412 g/mol. The van der Waals surface area contributed by atoms with Crippen LogP contribution < -0.4 is 9.62 Å². The molecule has 1 heterocycles. The number of nitrogens with zero attached hydrogens (tertiary/aromatic N) is 1. The largest absolute Gasteiger partial charge is 0.469 e. The zero-order chi connectivity index (χ0) is 22.4. The second kappa shape index (κ2) is 10.3. The first kappa shape index (κ1) is 23.3. The molecule has 0 bridgehead atoms. The molecule has 1 aliphatic heterocycles. The second-order valence-corrected chi connectivity index (χ2v) is 9.99. The fourth-order valence-corrected chi connectivity index (χ4v) is 5.60. The van der Waals surface area contributed by atoms with Gasteiger partial charge in [-0.25, -0.2) is 8.42 Å². The van der Waals surface area contributed by atoms with Gasteiger partial charge in [0.2, 0.25) is 0 Å². The number of nitrogens with one attached hydrogen (secondary N) is 1. The first-order valence-electron chi connectivity index (χ1n) is 10.8. The summed E-state index contributed by atoms with van der Waals surface area (Å²) in [7, 11) is -0.585. The molecule has 1 atom stereocenters. The minimum atomic E-state index is -3.63. The van der Waals surface area contributed by atoms with E-state index in [1.54, 1.807) is 13.1 Å². The van der Waals surface area contributed by atoms with Crippen molar-refractivity contribution in [3.63, 3.8) is 0 Å². The number of rotatable bonds is 9. The first-order valence-corrected chi connectivity index (χ1v) is 12.3. The molecule has 1 N–H and O–H groups in total.